The molecular formula is C23H21N3O3S2. The molecule has 6 nitrogen and oxygen atoms in total. The Kier molecular flexibility index (Phi) is 5.27. The third kappa shape index (κ3) is 3.34. The van der Waals surface area contributed by atoms with E-state index in [9.17, 15) is 14.4 Å². The molecule has 0 radical (unpaired) electrons. The number of hydrogen-bond donors (Lipinski definition) is 0. The number of aryl methyl sites for hydroxylation is 2. The molecule has 0 fully saturated rings. The van der Waals surface area contributed by atoms with Gasteiger partial charge in [0.15, 0.2) is 5.16 Å². The average Bonchev–Trinajstić information content (AvgIpc) is 3.12. The Morgan fingerprint density at radius 2 is 1.77 bits per heavy atom. The number of carbonyl (C=O) groups is 2. The third-order valence-corrected chi connectivity index (χ3v) is 7.95. The van der Waals surface area contributed by atoms with Crippen LogP contribution in [0.3, 0.4) is 0 Å². The lowest BCUT2D eigenvalue weighted by molar-refractivity contribution is 0.0684. The van der Waals surface area contributed by atoms with Crippen molar-refractivity contribution < 1.29 is 9.59 Å². The Balaban J connectivity index is 1.51. The zero-order valence-corrected chi connectivity index (χ0v) is 18.6. The zero-order valence-electron chi connectivity index (χ0n) is 16.9. The van der Waals surface area contributed by atoms with Gasteiger partial charge in [-0.25, -0.2) is 4.98 Å². The molecule has 1 aliphatic carbocycles. The van der Waals surface area contributed by atoms with E-state index in [-0.39, 0.29) is 23.3 Å². The Morgan fingerprint density at radius 1 is 1.06 bits per heavy atom. The molecule has 2 aliphatic rings. The summed E-state index contributed by atoms with van der Waals surface area (Å²) in [5, 5.41) is 1.24. The van der Waals surface area contributed by atoms with Crippen molar-refractivity contribution >= 4 is 45.1 Å². The summed E-state index contributed by atoms with van der Waals surface area (Å²) in [6, 6.07) is 6.82. The van der Waals surface area contributed by atoms with Crippen molar-refractivity contribution in [3.05, 3.63) is 68.8 Å². The largest absolute Gasteiger partial charge is 0.283 e. The standard InChI is InChI=1S/C23H21N3O3S2/c1-2-12-25-22(29)18-16-10-4-3-5-11-17(16)31-19(18)24-23(25)30-13-26-20(27)14-8-6-7-9-15(14)21(26)28/h2,6-9H,1,3-5,10-13H2. The van der Waals surface area contributed by atoms with E-state index in [0.29, 0.717) is 22.8 Å². The predicted octanol–water partition coefficient (Wildman–Crippen LogP) is 4.26. The Labute approximate surface area is 187 Å². The second-order valence-corrected chi connectivity index (χ2v) is 9.70. The minimum Gasteiger partial charge on any atom is -0.283 e. The Bertz CT molecular complexity index is 1260. The van der Waals surface area contributed by atoms with E-state index >= 15 is 0 Å². The van der Waals surface area contributed by atoms with E-state index < -0.39 is 0 Å². The highest BCUT2D eigenvalue weighted by molar-refractivity contribution is 7.99. The smallest absolute Gasteiger partial charge is 0.263 e. The molecule has 0 unspecified atom stereocenters. The van der Waals surface area contributed by atoms with Crippen molar-refractivity contribution in [2.45, 2.75) is 43.8 Å². The molecule has 0 atom stereocenters. The van der Waals surface area contributed by atoms with Gasteiger partial charge in [-0.1, -0.05) is 36.4 Å². The molecule has 2 amide bonds. The van der Waals surface area contributed by atoms with Gasteiger partial charge in [-0.15, -0.1) is 17.9 Å². The number of carbonyl (C=O) groups excluding carboxylic acids is 2. The maximum absolute atomic E-state index is 13.4. The lowest BCUT2D eigenvalue weighted by Gasteiger charge is -2.15. The van der Waals surface area contributed by atoms with Gasteiger partial charge in [0, 0.05) is 11.4 Å². The van der Waals surface area contributed by atoms with Crippen molar-refractivity contribution in [1.82, 2.24) is 14.5 Å². The number of thiophene rings is 1. The van der Waals surface area contributed by atoms with Crippen LogP contribution in [0.1, 0.15) is 50.4 Å². The van der Waals surface area contributed by atoms with Crippen LogP contribution in [0, 0.1) is 0 Å². The number of aromatic nitrogens is 2. The van der Waals surface area contributed by atoms with Crippen molar-refractivity contribution in [2.24, 2.45) is 0 Å². The van der Waals surface area contributed by atoms with Gasteiger partial charge in [0.1, 0.15) is 4.83 Å². The van der Waals surface area contributed by atoms with Gasteiger partial charge in [0.2, 0.25) is 0 Å². The molecule has 8 heteroatoms. The lowest BCUT2D eigenvalue weighted by atomic mass is 10.1. The number of imide groups is 1. The second-order valence-electron chi connectivity index (χ2n) is 7.70. The summed E-state index contributed by atoms with van der Waals surface area (Å²) in [5.41, 5.74) is 1.93. The summed E-state index contributed by atoms with van der Waals surface area (Å²) in [6.07, 6.45) is 7.01. The highest BCUT2D eigenvalue weighted by Gasteiger charge is 2.35. The monoisotopic (exact) mass is 451 g/mol. The SMILES string of the molecule is C=CCn1c(SCN2C(=O)c3ccccc3C2=O)nc2sc3c(c2c1=O)CCCCC3. The number of hydrogen-bond acceptors (Lipinski definition) is 6. The molecule has 1 aliphatic heterocycles. The number of allylic oxidation sites excluding steroid dienone is 1. The molecule has 3 aromatic rings. The van der Waals surface area contributed by atoms with E-state index in [0.717, 1.165) is 41.5 Å². The van der Waals surface area contributed by atoms with Crippen LogP contribution >= 0.6 is 23.1 Å². The van der Waals surface area contributed by atoms with Gasteiger partial charge in [-0.2, -0.15) is 0 Å². The van der Waals surface area contributed by atoms with Crippen LogP contribution in [0.2, 0.25) is 0 Å². The fraction of sp³-hybridized carbons (Fsp3) is 0.304. The summed E-state index contributed by atoms with van der Waals surface area (Å²) < 4.78 is 1.61. The molecule has 0 saturated carbocycles. The molecule has 0 N–H and O–H groups in total. The fourth-order valence-corrected chi connectivity index (χ4v) is 6.53. The third-order valence-electron chi connectivity index (χ3n) is 5.80. The van der Waals surface area contributed by atoms with Crippen LogP contribution in [-0.2, 0) is 19.4 Å². The topological polar surface area (TPSA) is 72.3 Å². The summed E-state index contributed by atoms with van der Waals surface area (Å²) in [7, 11) is 0. The number of nitrogens with zero attached hydrogens (tertiary/aromatic N) is 3. The second kappa shape index (κ2) is 8.09. The first kappa shape index (κ1) is 20.2. The molecule has 158 valence electrons. The minimum atomic E-state index is -0.311. The molecule has 0 saturated heterocycles. The van der Waals surface area contributed by atoms with Crippen LogP contribution in [0.4, 0.5) is 0 Å². The summed E-state index contributed by atoms with van der Waals surface area (Å²) >= 11 is 2.84. The number of rotatable bonds is 5. The predicted molar refractivity (Wildman–Crippen MR) is 123 cm³/mol. The molecule has 3 heterocycles. The quantitative estimate of drug-likeness (QED) is 0.191. The minimum absolute atomic E-state index is 0.0610. The highest BCUT2D eigenvalue weighted by atomic mass is 32.2. The molecular weight excluding hydrogens is 430 g/mol. The molecule has 0 spiro atoms. The first-order chi connectivity index (χ1) is 15.1. The van der Waals surface area contributed by atoms with Crippen LogP contribution in [-0.4, -0.2) is 32.1 Å². The Morgan fingerprint density at radius 3 is 2.48 bits per heavy atom. The molecule has 5 rings (SSSR count). The van der Waals surface area contributed by atoms with E-state index in [1.165, 1.54) is 28.0 Å². The van der Waals surface area contributed by atoms with Gasteiger partial charge in [-0.3, -0.25) is 23.9 Å². The van der Waals surface area contributed by atoms with Crippen LogP contribution < -0.4 is 5.56 Å². The maximum atomic E-state index is 13.4. The van der Waals surface area contributed by atoms with Gasteiger partial charge in [-0.05, 0) is 43.4 Å². The number of fused-ring (bicyclic) bond motifs is 4. The van der Waals surface area contributed by atoms with Crippen LogP contribution in [0.15, 0.2) is 46.9 Å². The van der Waals surface area contributed by atoms with Gasteiger partial charge < -0.3 is 0 Å². The van der Waals surface area contributed by atoms with E-state index in [4.69, 9.17) is 4.98 Å². The molecule has 31 heavy (non-hydrogen) atoms. The maximum Gasteiger partial charge on any atom is 0.263 e. The van der Waals surface area contributed by atoms with E-state index in [1.807, 2.05) is 0 Å². The molecule has 0 bridgehead atoms. The summed E-state index contributed by atoms with van der Waals surface area (Å²) in [5.74, 6) is -0.517. The van der Waals surface area contributed by atoms with Crippen molar-refractivity contribution in [1.29, 1.82) is 0 Å². The number of amides is 2. The normalized spacial score (nSPS) is 15.8. The molecule has 1 aromatic carbocycles. The van der Waals surface area contributed by atoms with Gasteiger partial charge >= 0.3 is 0 Å². The molecule has 2 aromatic heterocycles. The van der Waals surface area contributed by atoms with Crippen molar-refractivity contribution in [2.75, 3.05) is 5.88 Å². The summed E-state index contributed by atoms with van der Waals surface area (Å²) in [6.45, 7) is 4.11. The lowest BCUT2D eigenvalue weighted by Crippen LogP contribution is -2.30. The Hall–Kier alpha value is -2.71. The van der Waals surface area contributed by atoms with Crippen LogP contribution in [0.25, 0.3) is 10.2 Å². The van der Waals surface area contributed by atoms with Gasteiger partial charge in [0.25, 0.3) is 17.4 Å². The first-order valence-corrected chi connectivity index (χ1v) is 12.1. The van der Waals surface area contributed by atoms with Crippen LogP contribution in [0.5, 0.6) is 0 Å². The number of thioether (sulfide) groups is 1. The first-order valence-electron chi connectivity index (χ1n) is 10.3. The average molecular weight is 452 g/mol. The van der Waals surface area contributed by atoms with E-state index in [2.05, 4.69) is 6.58 Å². The van der Waals surface area contributed by atoms with Gasteiger partial charge in [0.05, 0.1) is 22.4 Å². The highest BCUT2D eigenvalue weighted by Crippen LogP contribution is 2.34. The van der Waals surface area contributed by atoms with Crippen molar-refractivity contribution in [3.63, 3.8) is 0 Å². The van der Waals surface area contributed by atoms with E-state index in [1.54, 1.807) is 46.2 Å². The fourth-order valence-electron chi connectivity index (χ4n) is 4.28. The number of benzene rings is 1. The summed E-state index contributed by atoms with van der Waals surface area (Å²) in [4.78, 5) is 46.8. The zero-order chi connectivity index (χ0) is 21.5. The van der Waals surface area contributed by atoms with Crippen molar-refractivity contribution in [3.8, 4) is 0 Å².